The van der Waals surface area contributed by atoms with E-state index in [9.17, 15) is 4.79 Å². The molecule has 0 radical (unpaired) electrons. The number of hydrogen-bond acceptors (Lipinski definition) is 8. The standard InChI is InChI=1S/C24H25N3O4S/c1-24(2)17-8-6-7-9-18(17)27(3)21(24)13-16(28)14-32-23-26-25-22(31-23)15-10-11-19(29-4)20(12-15)30-5/h6-13H,14H2,1-5H3. The number of ketones is 1. The number of ether oxygens (including phenoxy) is 2. The maximum absolute atomic E-state index is 12.7. The molecule has 2 aromatic carbocycles. The normalized spacial score (nSPS) is 15.7. The molecule has 2 heterocycles. The predicted molar refractivity (Wildman–Crippen MR) is 125 cm³/mol. The number of hydrogen-bond donors (Lipinski definition) is 0. The maximum Gasteiger partial charge on any atom is 0.277 e. The van der Waals surface area contributed by atoms with E-state index < -0.39 is 0 Å². The summed E-state index contributed by atoms with van der Waals surface area (Å²) in [7, 11) is 5.14. The molecule has 0 bridgehead atoms. The Balaban J connectivity index is 1.45. The van der Waals surface area contributed by atoms with E-state index >= 15 is 0 Å². The summed E-state index contributed by atoms with van der Waals surface area (Å²) in [5, 5.41) is 8.49. The number of carbonyl (C=O) groups is 1. The van der Waals surface area contributed by atoms with E-state index in [-0.39, 0.29) is 17.0 Å². The second-order valence-corrected chi connectivity index (χ2v) is 8.86. The van der Waals surface area contributed by atoms with Crippen LogP contribution in [0.25, 0.3) is 11.5 Å². The minimum Gasteiger partial charge on any atom is -0.493 e. The van der Waals surface area contributed by atoms with Gasteiger partial charge in [-0.1, -0.05) is 43.8 Å². The Bertz CT molecular complexity index is 1190. The minimum atomic E-state index is -0.239. The first kappa shape index (κ1) is 22.0. The second kappa shape index (κ2) is 8.70. The average Bonchev–Trinajstić information content (AvgIpc) is 3.35. The quantitative estimate of drug-likeness (QED) is 0.377. The molecule has 0 saturated heterocycles. The Morgan fingerprint density at radius 3 is 2.59 bits per heavy atom. The molecule has 3 aromatic rings. The molecule has 1 aromatic heterocycles. The molecule has 7 nitrogen and oxygen atoms in total. The van der Waals surface area contributed by atoms with E-state index in [4.69, 9.17) is 13.9 Å². The number of methoxy groups -OCH3 is 2. The van der Waals surface area contributed by atoms with Gasteiger partial charge in [0.2, 0.25) is 5.89 Å². The van der Waals surface area contributed by atoms with Crippen molar-refractivity contribution >= 4 is 23.2 Å². The number of rotatable bonds is 7. The van der Waals surface area contributed by atoms with Gasteiger partial charge in [0.25, 0.3) is 5.22 Å². The van der Waals surface area contributed by atoms with E-state index in [1.54, 1.807) is 32.4 Å². The molecule has 8 heteroatoms. The summed E-state index contributed by atoms with van der Waals surface area (Å²) < 4.78 is 16.3. The highest BCUT2D eigenvalue weighted by molar-refractivity contribution is 7.99. The van der Waals surface area contributed by atoms with Gasteiger partial charge in [-0.05, 0) is 29.8 Å². The third kappa shape index (κ3) is 3.98. The molecule has 0 unspecified atom stereocenters. The molecule has 166 valence electrons. The van der Waals surface area contributed by atoms with Crippen LogP contribution in [0.5, 0.6) is 11.5 Å². The number of carbonyl (C=O) groups excluding carboxylic acids is 1. The number of allylic oxidation sites excluding steroid dienone is 2. The van der Waals surface area contributed by atoms with Gasteiger partial charge in [0.05, 0.1) is 20.0 Å². The summed E-state index contributed by atoms with van der Waals surface area (Å²) in [6.45, 7) is 4.27. The first-order valence-corrected chi connectivity index (χ1v) is 11.1. The third-order valence-electron chi connectivity index (χ3n) is 5.61. The smallest absolute Gasteiger partial charge is 0.277 e. The zero-order valence-electron chi connectivity index (χ0n) is 18.7. The lowest BCUT2D eigenvalue weighted by Gasteiger charge is -2.23. The highest BCUT2D eigenvalue weighted by atomic mass is 32.2. The summed E-state index contributed by atoms with van der Waals surface area (Å²) >= 11 is 1.22. The van der Waals surface area contributed by atoms with Gasteiger partial charge in [0.1, 0.15) is 0 Å². The molecular formula is C24H25N3O4S. The number of likely N-dealkylation sites (N-methyl/N-ethyl adjacent to an activating group) is 1. The van der Waals surface area contributed by atoms with Crippen molar-refractivity contribution in [2.75, 3.05) is 31.9 Å². The van der Waals surface area contributed by atoms with Gasteiger partial charge in [0, 0.05) is 35.5 Å². The Hall–Kier alpha value is -3.26. The van der Waals surface area contributed by atoms with Gasteiger partial charge >= 0.3 is 0 Å². The van der Waals surface area contributed by atoms with Crippen LogP contribution in [-0.2, 0) is 10.2 Å². The summed E-state index contributed by atoms with van der Waals surface area (Å²) in [5.74, 6) is 1.74. The fourth-order valence-corrected chi connectivity index (χ4v) is 4.53. The van der Waals surface area contributed by atoms with Crippen molar-refractivity contribution in [1.29, 1.82) is 0 Å². The fraction of sp³-hybridized carbons (Fsp3) is 0.292. The lowest BCUT2D eigenvalue weighted by Crippen LogP contribution is -2.24. The molecule has 1 aliphatic heterocycles. The Morgan fingerprint density at radius 2 is 1.88 bits per heavy atom. The molecule has 0 fully saturated rings. The van der Waals surface area contributed by atoms with Crippen LogP contribution in [0.3, 0.4) is 0 Å². The molecule has 32 heavy (non-hydrogen) atoms. The number of para-hydroxylation sites is 1. The van der Waals surface area contributed by atoms with E-state index in [2.05, 4.69) is 41.1 Å². The summed E-state index contributed by atoms with van der Waals surface area (Å²) in [6.07, 6.45) is 1.72. The monoisotopic (exact) mass is 451 g/mol. The van der Waals surface area contributed by atoms with Crippen LogP contribution in [0, 0.1) is 0 Å². The molecular weight excluding hydrogens is 426 g/mol. The number of fused-ring (bicyclic) bond motifs is 1. The minimum absolute atomic E-state index is 0.0106. The van der Waals surface area contributed by atoms with Crippen LogP contribution < -0.4 is 14.4 Å². The zero-order chi connectivity index (χ0) is 22.9. The Morgan fingerprint density at radius 1 is 1.12 bits per heavy atom. The molecule has 0 saturated carbocycles. The van der Waals surface area contributed by atoms with Crippen LogP contribution in [0.4, 0.5) is 5.69 Å². The van der Waals surface area contributed by atoms with Gasteiger partial charge in [0.15, 0.2) is 17.3 Å². The molecule has 0 atom stereocenters. The van der Waals surface area contributed by atoms with Gasteiger partial charge in [-0.3, -0.25) is 4.79 Å². The molecule has 4 rings (SSSR count). The van der Waals surface area contributed by atoms with Crippen LogP contribution in [0.1, 0.15) is 19.4 Å². The predicted octanol–water partition coefficient (Wildman–Crippen LogP) is 4.73. The van der Waals surface area contributed by atoms with E-state index in [0.29, 0.717) is 28.2 Å². The summed E-state index contributed by atoms with van der Waals surface area (Å²) in [5.41, 5.74) is 3.78. The maximum atomic E-state index is 12.7. The fourth-order valence-electron chi connectivity index (χ4n) is 3.94. The topological polar surface area (TPSA) is 77.7 Å². The molecule has 1 aliphatic rings. The first-order valence-electron chi connectivity index (χ1n) is 10.1. The van der Waals surface area contributed by atoms with Crippen molar-refractivity contribution in [3.8, 4) is 23.0 Å². The van der Waals surface area contributed by atoms with Crippen LogP contribution in [-0.4, -0.2) is 43.0 Å². The SMILES string of the molecule is COc1ccc(-c2nnc(SCC(=O)C=C3N(C)c4ccccc4C3(C)C)o2)cc1OC. The van der Waals surface area contributed by atoms with Crippen molar-refractivity contribution in [1.82, 2.24) is 10.2 Å². The molecule has 0 N–H and O–H groups in total. The van der Waals surface area contributed by atoms with Gasteiger partial charge < -0.3 is 18.8 Å². The zero-order valence-corrected chi connectivity index (χ0v) is 19.5. The highest BCUT2D eigenvalue weighted by Crippen LogP contribution is 2.46. The third-order valence-corrected chi connectivity index (χ3v) is 6.45. The van der Waals surface area contributed by atoms with E-state index in [1.807, 2.05) is 25.2 Å². The van der Waals surface area contributed by atoms with Gasteiger partial charge in [-0.15, -0.1) is 10.2 Å². The Labute approximate surface area is 191 Å². The largest absolute Gasteiger partial charge is 0.493 e. The summed E-state index contributed by atoms with van der Waals surface area (Å²) in [4.78, 5) is 14.8. The second-order valence-electron chi connectivity index (χ2n) is 7.93. The van der Waals surface area contributed by atoms with Gasteiger partial charge in [-0.2, -0.15) is 0 Å². The number of anilines is 1. The van der Waals surface area contributed by atoms with Crippen LogP contribution in [0.15, 0.2) is 63.9 Å². The van der Waals surface area contributed by atoms with Crippen molar-refractivity contribution in [2.45, 2.75) is 24.5 Å². The average molecular weight is 452 g/mol. The number of thioether (sulfide) groups is 1. The van der Waals surface area contributed by atoms with E-state index in [0.717, 1.165) is 11.4 Å². The number of benzene rings is 2. The molecule has 0 spiro atoms. The molecule has 0 amide bonds. The van der Waals surface area contributed by atoms with Crippen molar-refractivity contribution in [2.24, 2.45) is 0 Å². The van der Waals surface area contributed by atoms with Crippen LogP contribution in [0.2, 0.25) is 0 Å². The number of aromatic nitrogens is 2. The lowest BCUT2D eigenvalue weighted by molar-refractivity contribution is -0.112. The van der Waals surface area contributed by atoms with Gasteiger partial charge in [-0.25, -0.2) is 0 Å². The first-order chi connectivity index (χ1) is 15.3. The van der Waals surface area contributed by atoms with Crippen molar-refractivity contribution < 1.29 is 18.7 Å². The summed E-state index contributed by atoms with van der Waals surface area (Å²) in [6, 6.07) is 13.6. The lowest BCUT2D eigenvalue weighted by atomic mass is 9.83. The molecule has 0 aliphatic carbocycles. The number of nitrogens with zero attached hydrogens (tertiary/aromatic N) is 3. The Kier molecular flexibility index (Phi) is 5.97. The van der Waals surface area contributed by atoms with Crippen molar-refractivity contribution in [3.05, 3.63) is 59.8 Å². The van der Waals surface area contributed by atoms with Crippen molar-refractivity contribution in [3.63, 3.8) is 0 Å². The highest BCUT2D eigenvalue weighted by Gasteiger charge is 2.38. The van der Waals surface area contributed by atoms with E-state index in [1.165, 1.54) is 17.3 Å². The van der Waals surface area contributed by atoms with Crippen LogP contribution >= 0.6 is 11.8 Å².